The first-order valence-electron chi connectivity index (χ1n) is 7.51. The van der Waals surface area contributed by atoms with Gasteiger partial charge in [-0.15, -0.1) is 0 Å². The molecular formula is C18H18N2O3. The zero-order chi connectivity index (χ0) is 16.4. The third-order valence-corrected chi connectivity index (χ3v) is 3.81. The molecule has 1 N–H and O–H groups in total. The van der Waals surface area contributed by atoms with Gasteiger partial charge in [-0.2, -0.15) is 5.10 Å². The lowest BCUT2D eigenvalue weighted by Crippen LogP contribution is -2.19. The molecule has 3 rings (SSSR count). The van der Waals surface area contributed by atoms with E-state index in [1.807, 2.05) is 31.2 Å². The van der Waals surface area contributed by atoms with Crippen LogP contribution in [-0.4, -0.2) is 11.6 Å². The van der Waals surface area contributed by atoms with Crippen molar-refractivity contribution in [1.82, 2.24) is 5.43 Å². The summed E-state index contributed by atoms with van der Waals surface area (Å²) in [5.41, 5.74) is 5.57. The number of furan rings is 2. The summed E-state index contributed by atoms with van der Waals surface area (Å²) >= 11 is 0. The molecule has 0 radical (unpaired) electrons. The van der Waals surface area contributed by atoms with Gasteiger partial charge in [0.1, 0.15) is 17.1 Å². The second kappa shape index (κ2) is 6.12. The highest BCUT2D eigenvalue weighted by atomic mass is 16.3. The smallest absolute Gasteiger partial charge is 0.274 e. The Morgan fingerprint density at radius 2 is 2.04 bits per heavy atom. The highest BCUT2D eigenvalue weighted by molar-refractivity contribution is 6.03. The second-order valence-electron chi connectivity index (χ2n) is 5.29. The van der Waals surface area contributed by atoms with Crippen molar-refractivity contribution in [3.05, 3.63) is 59.2 Å². The predicted octanol–water partition coefficient (Wildman–Crippen LogP) is 4.05. The van der Waals surface area contributed by atoms with Crippen LogP contribution in [0.15, 0.2) is 50.5 Å². The molecule has 0 fully saturated rings. The summed E-state index contributed by atoms with van der Waals surface area (Å²) in [5, 5.41) is 5.26. The molecule has 1 amide bonds. The zero-order valence-corrected chi connectivity index (χ0v) is 13.3. The van der Waals surface area contributed by atoms with Crippen molar-refractivity contribution in [3.8, 4) is 0 Å². The van der Waals surface area contributed by atoms with Gasteiger partial charge in [0.2, 0.25) is 0 Å². The van der Waals surface area contributed by atoms with Crippen LogP contribution in [-0.2, 0) is 6.42 Å². The summed E-state index contributed by atoms with van der Waals surface area (Å²) < 4.78 is 11.0. The lowest BCUT2D eigenvalue weighted by atomic mass is 10.1. The van der Waals surface area contributed by atoms with Gasteiger partial charge in [-0.1, -0.05) is 25.1 Å². The Kier molecular flexibility index (Phi) is 4.02. The van der Waals surface area contributed by atoms with Crippen LogP contribution < -0.4 is 5.43 Å². The first kappa shape index (κ1) is 15.1. The van der Waals surface area contributed by atoms with E-state index in [2.05, 4.69) is 17.5 Å². The average Bonchev–Trinajstić information content (AvgIpc) is 3.15. The van der Waals surface area contributed by atoms with E-state index in [0.29, 0.717) is 22.8 Å². The molecule has 0 aliphatic rings. The number of amides is 1. The molecule has 0 bridgehead atoms. The molecule has 2 aromatic heterocycles. The monoisotopic (exact) mass is 310 g/mol. The first-order valence-corrected chi connectivity index (χ1v) is 7.51. The van der Waals surface area contributed by atoms with Crippen molar-refractivity contribution >= 4 is 22.6 Å². The fraction of sp³-hybridized carbons (Fsp3) is 0.222. The molecule has 0 aliphatic carbocycles. The molecule has 5 heteroatoms. The number of fused-ring (bicyclic) bond motifs is 1. The number of aryl methyl sites for hydroxylation is 2. The topological polar surface area (TPSA) is 67.7 Å². The van der Waals surface area contributed by atoms with Gasteiger partial charge < -0.3 is 8.83 Å². The van der Waals surface area contributed by atoms with Crippen molar-refractivity contribution in [2.24, 2.45) is 5.10 Å². The van der Waals surface area contributed by atoms with E-state index in [-0.39, 0.29) is 5.91 Å². The number of carbonyl (C=O) groups is 1. The predicted molar refractivity (Wildman–Crippen MR) is 88.7 cm³/mol. The van der Waals surface area contributed by atoms with E-state index in [0.717, 1.165) is 23.0 Å². The van der Waals surface area contributed by atoms with Crippen LogP contribution >= 0.6 is 0 Å². The Balaban J connectivity index is 1.89. The molecule has 0 atom stereocenters. The number of para-hydroxylation sites is 1. The minimum Gasteiger partial charge on any atom is -0.469 e. The number of nitrogens with zero attached hydrogens (tertiary/aromatic N) is 1. The van der Waals surface area contributed by atoms with Gasteiger partial charge in [0.25, 0.3) is 5.91 Å². The third-order valence-electron chi connectivity index (χ3n) is 3.81. The third kappa shape index (κ3) is 2.77. The lowest BCUT2D eigenvalue weighted by molar-refractivity contribution is 0.0953. The fourth-order valence-corrected chi connectivity index (χ4v) is 2.61. The largest absolute Gasteiger partial charge is 0.469 e. The van der Waals surface area contributed by atoms with Crippen molar-refractivity contribution in [1.29, 1.82) is 0 Å². The number of nitrogens with one attached hydrogen (secondary N) is 1. The minimum atomic E-state index is -0.301. The Morgan fingerprint density at radius 3 is 2.74 bits per heavy atom. The van der Waals surface area contributed by atoms with Crippen molar-refractivity contribution in [2.45, 2.75) is 27.2 Å². The van der Waals surface area contributed by atoms with E-state index in [1.165, 1.54) is 6.26 Å². The summed E-state index contributed by atoms with van der Waals surface area (Å²) in [6.45, 7) is 5.63. The van der Waals surface area contributed by atoms with Crippen LogP contribution in [0.5, 0.6) is 0 Å². The maximum absolute atomic E-state index is 12.1. The number of hydrogen-bond acceptors (Lipinski definition) is 4. The van der Waals surface area contributed by atoms with Crippen LogP contribution in [0.4, 0.5) is 0 Å². The van der Waals surface area contributed by atoms with Crippen molar-refractivity contribution in [3.63, 3.8) is 0 Å². The number of rotatable bonds is 4. The van der Waals surface area contributed by atoms with Gasteiger partial charge in [0.15, 0.2) is 5.76 Å². The number of carbonyl (C=O) groups excluding carboxylic acids is 1. The molecular weight excluding hydrogens is 292 g/mol. The Labute approximate surface area is 134 Å². The molecule has 0 aliphatic heterocycles. The molecule has 0 unspecified atom stereocenters. The van der Waals surface area contributed by atoms with E-state index < -0.39 is 0 Å². The second-order valence-corrected chi connectivity index (χ2v) is 5.29. The van der Waals surface area contributed by atoms with E-state index in [4.69, 9.17) is 8.83 Å². The Bertz CT molecular complexity index is 887. The van der Waals surface area contributed by atoms with Gasteiger partial charge in [-0.25, -0.2) is 5.43 Å². The van der Waals surface area contributed by atoms with Crippen molar-refractivity contribution < 1.29 is 13.6 Å². The van der Waals surface area contributed by atoms with Crippen LogP contribution in [0, 0.1) is 6.92 Å². The Hall–Kier alpha value is -2.82. The fourth-order valence-electron chi connectivity index (χ4n) is 2.61. The molecule has 1 aromatic carbocycles. The maximum atomic E-state index is 12.1. The first-order chi connectivity index (χ1) is 11.1. The van der Waals surface area contributed by atoms with E-state index in [9.17, 15) is 4.79 Å². The van der Waals surface area contributed by atoms with Crippen LogP contribution in [0.25, 0.3) is 11.0 Å². The highest BCUT2D eigenvalue weighted by Gasteiger charge is 2.16. The van der Waals surface area contributed by atoms with E-state index in [1.54, 1.807) is 13.0 Å². The average molecular weight is 310 g/mol. The van der Waals surface area contributed by atoms with Crippen LogP contribution in [0.1, 0.15) is 41.3 Å². The lowest BCUT2D eigenvalue weighted by Gasteiger charge is -2.02. The van der Waals surface area contributed by atoms with Gasteiger partial charge in [0.05, 0.1) is 11.8 Å². The van der Waals surface area contributed by atoms with Crippen molar-refractivity contribution in [2.75, 3.05) is 0 Å². The highest BCUT2D eigenvalue weighted by Crippen LogP contribution is 2.26. The number of benzene rings is 1. The molecule has 0 saturated carbocycles. The summed E-state index contributed by atoms with van der Waals surface area (Å²) in [7, 11) is 0. The van der Waals surface area contributed by atoms with Crippen LogP contribution in [0.2, 0.25) is 0 Å². The van der Waals surface area contributed by atoms with Gasteiger partial charge in [0, 0.05) is 10.9 Å². The maximum Gasteiger partial charge on any atom is 0.274 e. The standard InChI is InChI=1S/C18H18N2O3/c1-4-13-15-7-5-6-8-16(15)23-17(13)11(2)19-20-18(21)14-9-10-22-12(14)3/h5-10H,4H2,1-3H3,(H,20,21)/b19-11-. The molecule has 3 aromatic rings. The molecule has 0 saturated heterocycles. The number of hydrazone groups is 1. The summed E-state index contributed by atoms with van der Waals surface area (Å²) in [6, 6.07) is 9.50. The summed E-state index contributed by atoms with van der Waals surface area (Å²) in [5.74, 6) is 0.969. The summed E-state index contributed by atoms with van der Waals surface area (Å²) in [6.07, 6.45) is 2.31. The molecule has 23 heavy (non-hydrogen) atoms. The Morgan fingerprint density at radius 1 is 1.26 bits per heavy atom. The minimum absolute atomic E-state index is 0.301. The quantitative estimate of drug-likeness (QED) is 0.584. The molecule has 2 heterocycles. The normalized spacial score (nSPS) is 11.9. The molecule has 5 nitrogen and oxygen atoms in total. The van der Waals surface area contributed by atoms with Gasteiger partial charge in [-0.05, 0) is 32.4 Å². The van der Waals surface area contributed by atoms with Crippen LogP contribution in [0.3, 0.4) is 0 Å². The summed E-state index contributed by atoms with van der Waals surface area (Å²) in [4.78, 5) is 12.1. The SMILES string of the molecule is CCc1c(/C(C)=N\NC(=O)c2ccoc2C)oc2ccccc12. The molecule has 0 spiro atoms. The molecule has 118 valence electrons. The van der Waals surface area contributed by atoms with E-state index >= 15 is 0 Å². The van der Waals surface area contributed by atoms with Gasteiger partial charge in [-0.3, -0.25) is 4.79 Å². The number of hydrogen-bond donors (Lipinski definition) is 1. The zero-order valence-electron chi connectivity index (χ0n) is 13.3. The van der Waals surface area contributed by atoms with Gasteiger partial charge >= 0.3 is 0 Å².